The van der Waals surface area contributed by atoms with Crippen molar-refractivity contribution >= 4 is 17.5 Å². The van der Waals surface area contributed by atoms with Gasteiger partial charge < -0.3 is 9.47 Å². The monoisotopic (exact) mass is 244 g/mol. The summed E-state index contributed by atoms with van der Waals surface area (Å²) in [5.74, 6) is -1.83. The molecule has 0 radical (unpaired) electrons. The summed E-state index contributed by atoms with van der Waals surface area (Å²) >= 11 is 0. The molecule has 1 atom stereocenters. The molecule has 0 heterocycles. The fourth-order valence-electron chi connectivity index (χ4n) is 1.36. The third-order valence-electron chi connectivity index (χ3n) is 2.28. The number of unbranched alkanes of at least 4 members (excludes halogenated alkanes) is 1. The van der Waals surface area contributed by atoms with Gasteiger partial charge in [-0.25, -0.2) is 0 Å². The van der Waals surface area contributed by atoms with Crippen LogP contribution in [0.1, 0.15) is 33.1 Å². The molecule has 0 aromatic rings. The number of esters is 1. The highest BCUT2D eigenvalue weighted by atomic mass is 16.5. The molecular weight excluding hydrogens is 224 g/mol. The van der Waals surface area contributed by atoms with Gasteiger partial charge in [0.1, 0.15) is 18.3 Å². The molecule has 0 aromatic heterocycles. The molecule has 0 amide bonds. The summed E-state index contributed by atoms with van der Waals surface area (Å²) < 4.78 is 9.62. The van der Waals surface area contributed by atoms with E-state index in [1.54, 1.807) is 7.11 Å². The zero-order valence-corrected chi connectivity index (χ0v) is 10.7. The maximum absolute atomic E-state index is 11.5. The number of ether oxygens (including phenoxy) is 2. The fraction of sp³-hybridized carbons (Fsp3) is 0.750. The molecule has 0 spiro atoms. The van der Waals surface area contributed by atoms with Crippen LogP contribution in [-0.4, -0.2) is 37.9 Å². The van der Waals surface area contributed by atoms with Crippen molar-refractivity contribution in [3.63, 3.8) is 0 Å². The highest BCUT2D eigenvalue weighted by Crippen LogP contribution is 2.12. The minimum atomic E-state index is -0.758. The third-order valence-corrected chi connectivity index (χ3v) is 2.28. The summed E-state index contributed by atoms with van der Waals surface area (Å²) in [6, 6.07) is 0. The number of hydrogen-bond acceptors (Lipinski definition) is 5. The SMILES string of the molecule is COCCCCC(C(C)=O)C(=O)OCC(C)=O. The van der Waals surface area contributed by atoms with Crippen molar-refractivity contribution in [2.24, 2.45) is 5.92 Å². The lowest BCUT2D eigenvalue weighted by Crippen LogP contribution is -2.26. The Hall–Kier alpha value is -1.23. The molecule has 0 bridgehead atoms. The molecule has 1 unspecified atom stereocenters. The summed E-state index contributed by atoms with van der Waals surface area (Å²) in [6.07, 6.45) is 1.95. The first-order valence-corrected chi connectivity index (χ1v) is 5.64. The lowest BCUT2D eigenvalue weighted by Gasteiger charge is -2.12. The van der Waals surface area contributed by atoms with Gasteiger partial charge in [-0.05, 0) is 33.1 Å². The maximum atomic E-state index is 11.5. The van der Waals surface area contributed by atoms with E-state index in [0.29, 0.717) is 19.4 Å². The average molecular weight is 244 g/mol. The number of hydrogen-bond donors (Lipinski definition) is 0. The fourth-order valence-corrected chi connectivity index (χ4v) is 1.36. The van der Waals surface area contributed by atoms with E-state index in [0.717, 1.165) is 6.42 Å². The Morgan fingerprint density at radius 2 is 1.76 bits per heavy atom. The van der Waals surface area contributed by atoms with E-state index >= 15 is 0 Å². The quantitative estimate of drug-likeness (QED) is 0.345. The van der Waals surface area contributed by atoms with E-state index < -0.39 is 11.9 Å². The van der Waals surface area contributed by atoms with E-state index in [1.807, 2.05) is 0 Å². The second-order valence-electron chi connectivity index (χ2n) is 3.96. The van der Waals surface area contributed by atoms with E-state index in [9.17, 15) is 14.4 Å². The molecule has 0 aliphatic carbocycles. The largest absolute Gasteiger partial charge is 0.457 e. The van der Waals surface area contributed by atoms with Crippen molar-refractivity contribution in [2.75, 3.05) is 20.3 Å². The highest BCUT2D eigenvalue weighted by Gasteiger charge is 2.24. The van der Waals surface area contributed by atoms with Crippen LogP contribution < -0.4 is 0 Å². The maximum Gasteiger partial charge on any atom is 0.316 e. The normalized spacial score (nSPS) is 11.9. The Balaban J connectivity index is 4.08. The van der Waals surface area contributed by atoms with Crippen molar-refractivity contribution in [3.05, 3.63) is 0 Å². The molecule has 5 nitrogen and oxygen atoms in total. The zero-order valence-electron chi connectivity index (χ0n) is 10.7. The van der Waals surface area contributed by atoms with Crippen LogP contribution in [0.15, 0.2) is 0 Å². The Labute approximate surface area is 101 Å². The van der Waals surface area contributed by atoms with Gasteiger partial charge in [-0.2, -0.15) is 0 Å². The molecule has 0 aliphatic rings. The predicted molar refractivity (Wildman–Crippen MR) is 61.5 cm³/mol. The lowest BCUT2D eigenvalue weighted by molar-refractivity contribution is -0.154. The number of carbonyl (C=O) groups is 3. The second-order valence-corrected chi connectivity index (χ2v) is 3.96. The van der Waals surface area contributed by atoms with E-state index in [2.05, 4.69) is 0 Å². The van der Waals surface area contributed by atoms with Crippen molar-refractivity contribution in [1.29, 1.82) is 0 Å². The van der Waals surface area contributed by atoms with Gasteiger partial charge in [-0.15, -0.1) is 0 Å². The van der Waals surface area contributed by atoms with Crippen molar-refractivity contribution in [1.82, 2.24) is 0 Å². The van der Waals surface area contributed by atoms with E-state index in [-0.39, 0.29) is 18.2 Å². The van der Waals surface area contributed by atoms with Crippen molar-refractivity contribution in [2.45, 2.75) is 33.1 Å². The second kappa shape index (κ2) is 8.87. The molecule has 17 heavy (non-hydrogen) atoms. The molecule has 0 saturated carbocycles. The first-order chi connectivity index (χ1) is 7.99. The molecule has 0 aromatic carbocycles. The minimum Gasteiger partial charge on any atom is -0.457 e. The van der Waals surface area contributed by atoms with Crippen LogP contribution in [0.25, 0.3) is 0 Å². The summed E-state index contributed by atoms with van der Waals surface area (Å²) in [5.41, 5.74) is 0. The van der Waals surface area contributed by atoms with Gasteiger partial charge in [0.25, 0.3) is 0 Å². The molecule has 98 valence electrons. The highest BCUT2D eigenvalue weighted by molar-refractivity contribution is 5.98. The average Bonchev–Trinajstić information content (AvgIpc) is 2.25. The Kier molecular flexibility index (Phi) is 8.23. The Morgan fingerprint density at radius 3 is 2.24 bits per heavy atom. The summed E-state index contributed by atoms with van der Waals surface area (Å²) in [5, 5.41) is 0. The molecule has 5 heteroatoms. The summed E-state index contributed by atoms with van der Waals surface area (Å²) in [6.45, 7) is 3.03. The van der Waals surface area contributed by atoms with Gasteiger partial charge in [0.15, 0.2) is 5.78 Å². The molecule has 0 N–H and O–H groups in total. The lowest BCUT2D eigenvalue weighted by atomic mass is 9.98. The van der Waals surface area contributed by atoms with Crippen LogP contribution in [0.5, 0.6) is 0 Å². The first-order valence-electron chi connectivity index (χ1n) is 5.64. The summed E-state index contributed by atoms with van der Waals surface area (Å²) in [7, 11) is 1.60. The number of Topliss-reactive ketones (excluding diaryl/α,β-unsaturated/α-hetero) is 2. The van der Waals surface area contributed by atoms with Crippen LogP contribution in [-0.2, 0) is 23.9 Å². The molecular formula is C12H20O5. The van der Waals surface area contributed by atoms with Gasteiger partial charge in [0, 0.05) is 13.7 Å². The van der Waals surface area contributed by atoms with Crippen LogP contribution in [0, 0.1) is 5.92 Å². The predicted octanol–water partition coefficient (Wildman–Crippen LogP) is 1.14. The number of carbonyl (C=O) groups excluding carboxylic acids is 3. The van der Waals surface area contributed by atoms with Gasteiger partial charge in [0.05, 0.1) is 0 Å². The van der Waals surface area contributed by atoms with E-state index in [4.69, 9.17) is 9.47 Å². The number of rotatable bonds is 9. The Bertz CT molecular complexity index is 272. The van der Waals surface area contributed by atoms with E-state index in [1.165, 1.54) is 13.8 Å². The smallest absolute Gasteiger partial charge is 0.316 e. The minimum absolute atomic E-state index is 0.226. The third kappa shape index (κ3) is 7.63. The van der Waals surface area contributed by atoms with Gasteiger partial charge >= 0.3 is 5.97 Å². The molecule has 0 fully saturated rings. The Morgan fingerprint density at radius 1 is 1.12 bits per heavy atom. The molecule has 0 rings (SSSR count). The van der Waals surface area contributed by atoms with Gasteiger partial charge in [-0.3, -0.25) is 14.4 Å². The standard InChI is InChI=1S/C12H20O5/c1-9(13)8-17-12(15)11(10(2)14)6-4-5-7-16-3/h11H,4-8H2,1-3H3. The van der Waals surface area contributed by atoms with Gasteiger partial charge in [0.2, 0.25) is 0 Å². The van der Waals surface area contributed by atoms with Crippen molar-refractivity contribution < 1.29 is 23.9 Å². The van der Waals surface area contributed by atoms with Crippen LogP contribution in [0.4, 0.5) is 0 Å². The van der Waals surface area contributed by atoms with Gasteiger partial charge in [-0.1, -0.05) is 0 Å². The topological polar surface area (TPSA) is 69.7 Å². The number of ketones is 2. The van der Waals surface area contributed by atoms with Crippen molar-refractivity contribution in [3.8, 4) is 0 Å². The van der Waals surface area contributed by atoms with Crippen LogP contribution in [0.3, 0.4) is 0 Å². The molecule has 0 saturated heterocycles. The first kappa shape index (κ1) is 15.8. The van der Waals surface area contributed by atoms with Crippen LogP contribution in [0.2, 0.25) is 0 Å². The zero-order chi connectivity index (χ0) is 13.3. The number of methoxy groups -OCH3 is 1. The molecule has 0 aliphatic heterocycles. The summed E-state index contributed by atoms with van der Waals surface area (Å²) in [4.78, 5) is 33.5. The van der Waals surface area contributed by atoms with Crippen LogP contribution >= 0.6 is 0 Å².